The fourth-order valence-electron chi connectivity index (χ4n) is 6.72. The van der Waals surface area contributed by atoms with Gasteiger partial charge in [-0.3, -0.25) is 19.7 Å². The van der Waals surface area contributed by atoms with Crippen LogP contribution in [0.15, 0.2) is 112 Å². The maximum absolute atomic E-state index is 13.7. The molecule has 1 aliphatic rings. The standard InChI is InChI=1S/C40H42ClN9O4S3/c1-47(2)17-15-31(26-56-40-42-16-22-55-40)45-36-14-12-33(24-38(36)50(51)52)57(53,54)46-39-35-13-11-32(23-37(35)43-27-44-39)49-20-18-48(19-21-49)25-29-5-3-4-6-34(29)28-7-9-30(41)10-8-28/h3-14,16,22-24,27,31,45H,15,17-21,25-26H2,1-2H3,(H,43,44,46). The lowest BCUT2D eigenvalue weighted by molar-refractivity contribution is -0.384. The van der Waals surface area contributed by atoms with E-state index >= 15 is 0 Å². The number of nitrogens with zero attached hydrogens (tertiary/aromatic N) is 7. The quantitative estimate of drug-likeness (QED) is 0.0553. The number of benzene rings is 4. The summed E-state index contributed by atoms with van der Waals surface area (Å²) in [6.07, 6.45) is 3.76. The van der Waals surface area contributed by atoms with E-state index in [0.717, 1.165) is 60.9 Å². The Labute approximate surface area is 345 Å². The predicted octanol–water partition coefficient (Wildman–Crippen LogP) is 7.96. The van der Waals surface area contributed by atoms with Crippen LogP contribution in [0.1, 0.15) is 12.0 Å². The molecular weight excluding hydrogens is 802 g/mol. The van der Waals surface area contributed by atoms with Crippen LogP contribution in [0.2, 0.25) is 5.02 Å². The molecule has 1 atom stereocenters. The lowest BCUT2D eigenvalue weighted by atomic mass is 9.99. The molecule has 2 N–H and O–H groups in total. The highest BCUT2D eigenvalue weighted by atomic mass is 35.5. The van der Waals surface area contributed by atoms with Crippen molar-refractivity contribution in [3.05, 3.63) is 124 Å². The van der Waals surface area contributed by atoms with Gasteiger partial charge in [0.25, 0.3) is 15.7 Å². The van der Waals surface area contributed by atoms with Crippen LogP contribution in [-0.4, -0.2) is 96.7 Å². The number of nitrogens with one attached hydrogen (secondary N) is 2. The van der Waals surface area contributed by atoms with E-state index in [1.54, 1.807) is 18.0 Å². The lowest BCUT2D eigenvalue weighted by Gasteiger charge is -2.36. The van der Waals surface area contributed by atoms with Gasteiger partial charge in [-0.15, -0.1) is 11.3 Å². The second kappa shape index (κ2) is 18.2. The number of nitro benzene ring substituents is 1. The molecule has 0 bridgehead atoms. The Morgan fingerprint density at radius 1 is 0.982 bits per heavy atom. The highest BCUT2D eigenvalue weighted by molar-refractivity contribution is 8.01. The molecule has 13 nitrogen and oxygen atoms in total. The van der Waals surface area contributed by atoms with E-state index in [-0.39, 0.29) is 28.1 Å². The molecule has 0 radical (unpaired) electrons. The van der Waals surface area contributed by atoms with Crippen LogP contribution >= 0.6 is 34.7 Å². The van der Waals surface area contributed by atoms with Crippen molar-refractivity contribution in [3.63, 3.8) is 0 Å². The summed E-state index contributed by atoms with van der Waals surface area (Å²) in [6.45, 7) is 4.93. The Morgan fingerprint density at radius 3 is 2.51 bits per heavy atom. The highest BCUT2D eigenvalue weighted by Gasteiger charge is 2.25. The first-order valence-corrected chi connectivity index (χ1v) is 22.1. The Morgan fingerprint density at radius 2 is 1.77 bits per heavy atom. The van der Waals surface area contributed by atoms with Gasteiger partial charge in [0.1, 0.15) is 16.4 Å². The summed E-state index contributed by atoms with van der Waals surface area (Å²) in [5.74, 6) is 0.711. The Kier molecular flexibility index (Phi) is 12.9. The van der Waals surface area contributed by atoms with Crippen LogP contribution in [-0.2, 0) is 16.6 Å². The van der Waals surface area contributed by atoms with Crippen molar-refractivity contribution in [2.24, 2.45) is 0 Å². The van der Waals surface area contributed by atoms with E-state index < -0.39 is 14.9 Å². The Hall–Kier alpha value is -4.84. The normalized spacial score (nSPS) is 14.2. The van der Waals surface area contributed by atoms with Crippen molar-refractivity contribution in [2.45, 2.75) is 28.2 Å². The number of rotatable bonds is 16. The van der Waals surface area contributed by atoms with Crippen LogP contribution in [0.3, 0.4) is 0 Å². The van der Waals surface area contributed by atoms with E-state index in [0.29, 0.717) is 28.1 Å². The minimum atomic E-state index is -4.26. The molecule has 1 fully saturated rings. The summed E-state index contributed by atoms with van der Waals surface area (Å²) < 4.78 is 30.9. The van der Waals surface area contributed by atoms with Crippen LogP contribution < -0.4 is 14.9 Å². The summed E-state index contributed by atoms with van der Waals surface area (Å²) in [5.41, 5.74) is 5.05. The van der Waals surface area contributed by atoms with Crippen LogP contribution in [0.4, 0.5) is 22.9 Å². The van der Waals surface area contributed by atoms with E-state index in [1.807, 2.05) is 54.7 Å². The minimum absolute atomic E-state index is 0.0866. The number of hydrogen-bond donors (Lipinski definition) is 2. The van der Waals surface area contributed by atoms with Gasteiger partial charge in [0.05, 0.1) is 15.3 Å². The van der Waals surface area contributed by atoms with Gasteiger partial charge in [-0.1, -0.05) is 59.8 Å². The van der Waals surface area contributed by atoms with Gasteiger partial charge < -0.3 is 15.1 Å². The molecular formula is C40H42ClN9O4S3. The third-order valence-electron chi connectivity index (χ3n) is 9.73. The van der Waals surface area contributed by atoms with Crippen molar-refractivity contribution in [3.8, 4) is 11.1 Å². The molecule has 0 amide bonds. The molecule has 2 aromatic heterocycles. The molecule has 7 rings (SSSR count). The van der Waals surface area contributed by atoms with Crippen LogP contribution in [0, 0.1) is 10.1 Å². The number of thioether (sulfide) groups is 1. The first kappa shape index (κ1) is 40.4. The van der Waals surface area contributed by atoms with Crippen LogP contribution in [0.25, 0.3) is 22.0 Å². The molecule has 3 heterocycles. The Bertz CT molecular complexity index is 2430. The van der Waals surface area contributed by atoms with Gasteiger partial charge in [0.2, 0.25) is 0 Å². The van der Waals surface area contributed by atoms with E-state index in [2.05, 4.69) is 71.2 Å². The van der Waals surface area contributed by atoms with Crippen LogP contribution in [0.5, 0.6) is 0 Å². The predicted molar refractivity (Wildman–Crippen MR) is 231 cm³/mol. The zero-order valence-corrected chi connectivity index (χ0v) is 34.6. The average Bonchev–Trinajstić information content (AvgIpc) is 3.73. The van der Waals surface area contributed by atoms with Crippen molar-refractivity contribution >= 4 is 78.5 Å². The van der Waals surface area contributed by atoms with Crippen molar-refractivity contribution in [2.75, 3.05) is 67.5 Å². The molecule has 4 aromatic carbocycles. The van der Waals surface area contributed by atoms with Gasteiger partial charge in [0.15, 0.2) is 5.82 Å². The molecule has 1 aliphatic heterocycles. The first-order valence-electron chi connectivity index (χ1n) is 18.3. The summed E-state index contributed by atoms with van der Waals surface area (Å²) in [4.78, 5) is 31.3. The van der Waals surface area contributed by atoms with Crippen molar-refractivity contribution in [1.29, 1.82) is 0 Å². The van der Waals surface area contributed by atoms with Gasteiger partial charge >= 0.3 is 0 Å². The third-order valence-corrected chi connectivity index (χ3v) is 13.5. The largest absolute Gasteiger partial charge is 0.376 e. The fourth-order valence-corrected chi connectivity index (χ4v) is 9.63. The summed E-state index contributed by atoms with van der Waals surface area (Å²) in [6, 6.07) is 25.8. The molecule has 1 unspecified atom stereocenters. The molecule has 0 spiro atoms. The third kappa shape index (κ3) is 10.2. The molecule has 57 heavy (non-hydrogen) atoms. The van der Waals surface area contributed by atoms with Gasteiger partial charge in [-0.2, -0.15) is 0 Å². The van der Waals surface area contributed by atoms with Crippen molar-refractivity contribution < 1.29 is 13.3 Å². The van der Waals surface area contributed by atoms with Gasteiger partial charge in [0, 0.05) is 78.3 Å². The number of fused-ring (bicyclic) bond motifs is 1. The minimum Gasteiger partial charge on any atom is -0.376 e. The fraction of sp³-hybridized carbons (Fsp3) is 0.275. The number of halogens is 1. The SMILES string of the molecule is CN(C)CCC(CSc1nccs1)Nc1ccc(S(=O)(=O)Nc2ncnc3cc(N4CCN(Cc5ccccc5-c5ccc(Cl)cc5)CC4)ccc23)cc1[N+](=O)[O-]. The average molecular weight is 844 g/mol. The summed E-state index contributed by atoms with van der Waals surface area (Å²) in [5, 5.41) is 18.7. The van der Waals surface area contributed by atoms with Crippen molar-refractivity contribution in [1.82, 2.24) is 24.8 Å². The first-order chi connectivity index (χ1) is 27.5. The molecule has 0 saturated carbocycles. The second-order valence-electron chi connectivity index (χ2n) is 13.9. The maximum atomic E-state index is 13.7. The maximum Gasteiger partial charge on any atom is 0.293 e. The molecule has 17 heteroatoms. The molecule has 296 valence electrons. The van der Waals surface area contributed by atoms with E-state index in [9.17, 15) is 18.5 Å². The number of sulfonamides is 1. The molecule has 6 aromatic rings. The number of hydrogen-bond acceptors (Lipinski definition) is 13. The second-order valence-corrected chi connectivity index (χ2v) is 18.2. The molecule has 1 saturated heterocycles. The monoisotopic (exact) mass is 843 g/mol. The Balaban J connectivity index is 1.02. The lowest BCUT2D eigenvalue weighted by Crippen LogP contribution is -2.46. The number of aromatic nitrogens is 3. The smallest absolute Gasteiger partial charge is 0.293 e. The van der Waals surface area contributed by atoms with Gasteiger partial charge in [-0.25, -0.2) is 23.4 Å². The number of nitro groups is 1. The number of anilines is 3. The zero-order chi connectivity index (χ0) is 39.9. The van der Waals surface area contributed by atoms with E-state index in [1.165, 1.54) is 40.9 Å². The number of thiazole rings is 1. The topological polar surface area (TPSA) is 150 Å². The van der Waals surface area contributed by atoms with Gasteiger partial charge in [-0.05, 0) is 86.2 Å². The number of piperazine rings is 1. The summed E-state index contributed by atoms with van der Waals surface area (Å²) in [7, 11) is -0.332. The zero-order valence-electron chi connectivity index (χ0n) is 31.4. The molecule has 0 aliphatic carbocycles. The highest BCUT2D eigenvalue weighted by Crippen LogP contribution is 2.33. The summed E-state index contributed by atoms with van der Waals surface area (Å²) >= 11 is 9.24. The van der Waals surface area contributed by atoms with E-state index in [4.69, 9.17) is 11.6 Å².